The number of hydrogen-bond acceptors (Lipinski definition) is 3. The number of nitrogens with one attached hydrogen (secondary N) is 1. The van der Waals surface area contributed by atoms with Gasteiger partial charge in [0.1, 0.15) is 0 Å². The van der Waals surface area contributed by atoms with Gasteiger partial charge in [0.15, 0.2) is 0 Å². The molecule has 4 nitrogen and oxygen atoms in total. The molecular formula is C15H28N2O2. The van der Waals surface area contributed by atoms with Gasteiger partial charge in [-0.15, -0.1) is 0 Å². The molecular weight excluding hydrogens is 240 g/mol. The molecule has 0 radical (unpaired) electrons. The van der Waals surface area contributed by atoms with Crippen LogP contribution in [-0.4, -0.2) is 48.7 Å². The third-order valence-electron chi connectivity index (χ3n) is 4.08. The molecule has 2 rings (SSSR count). The maximum Gasteiger partial charge on any atom is 0.234 e. The molecule has 1 saturated heterocycles. The van der Waals surface area contributed by atoms with E-state index in [0.29, 0.717) is 12.6 Å². The normalized spacial score (nSPS) is 30.8. The second-order valence-corrected chi connectivity index (χ2v) is 6.21. The van der Waals surface area contributed by atoms with Crippen LogP contribution in [0.3, 0.4) is 0 Å². The second kappa shape index (κ2) is 7.25. The van der Waals surface area contributed by atoms with Crippen molar-refractivity contribution >= 4 is 5.91 Å². The van der Waals surface area contributed by atoms with Crippen molar-refractivity contribution < 1.29 is 9.53 Å². The van der Waals surface area contributed by atoms with E-state index in [2.05, 4.69) is 24.1 Å². The van der Waals surface area contributed by atoms with Crippen LogP contribution in [0.5, 0.6) is 0 Å². The number of rotatable bonds is 3. The van der Waals surface area contributed by atoms with E-state index < -0.39 is 0 Å². The Labute approximate surface area is 116 Å². The van der Waals surface area contributed by atoms with E-state index >= 15 is 0 Å². The highest BCUT2D eigenvalue weighted by atomic mass is 16.5. The molecule has 0 aromatic carbocycles. The Hall–Kier alpha value is -0.610. The van der Waals surface area contributed by atoms with Gasteiger partial charge in [0.25, 0.3) is 0 Å². The van der Waals surface area contributed by atoms with Crippen molar-refractivity contribution in [3.63, 3.8) is 0 Å². The minimum absolute atomic E-state index is 0.188. The molecule has 1 amide bonds. The Balaban J connectivity index is 1.73. The molecule has 4 heteroatoms. The molecule has 1 aliphatic heterocycles. The van der Waals surface area contributed by atoms with Crippen molar-refractivity contribution in [3.8, 4) is 0 Å². The number of ether oxygens (including phenoxy) is 1. The van der Waals surface area contributed by atoms with E-state index in [1.807, 2.05) is 0 Å². The monoisotopic (exact) mass is 268 g/mol. The van der Waals surface area contributed by atoms with E-state index in [-0.39, 0.29) is 18.1 Å². The van der Waals surface area contributed by atoms with Gasteiger partial charge in [0.2, 0.25) is 5.91 Å². The summed E-state index contributed by atoms with van der Waals surface area (Å²) >= 11 is 0. The Bertz CT molecular complexity index is 278. The van der Waals surface area contributed by atoms with E-state index in [1.165, 1.54) is 25.7 Å². The lowest BCUT2D eigenvalue weighted by molar-refractivity contribution is -0.126. The third kappa shape index (κ3) is 5.11. The first kappa shape index (κ1) is 14.8. The van der Waals surface area contributed by atoms with Crippen molar-refractivity contribution in [2.75, 3.05) is 19.6 Å². The average Bonchev–Trinajstić information content (AvgIpc) is 2.55. The van der Waals surface area contributed by atoms with Gasteiger partial charge in [-0.05, 0) is 26.7 Å². The Morgan fingerprint density at radius 3 is 2.26 bits per heavy atom. The molecule has 110 valence electrons. The fraction of sp³-hybridized carbons (Fsp3) is 0.933. The SMILES string of the molecule is C[C@@H]1CN(CC(=O)NC2CCCCCC2)C[C@@H](C)O1. The van der Waals surface area contributed by atoms with Gasteiger partial charge in [-0.1, -0.05) is 25.7 Å². The van der Waals surface area contributed by atoms with Gasteiger partial charge in [-0.3, -0.25) is 9.69 Å². The maximum atomic E-state index is 12.1. The smallest absolute Gasteiger partial charge is 0.234 e. The van der Waals surface area contributed by atoms with Gasteiger partial charge in [-0.2, -0.15) is 0 Å². The molecule has 0 bridgehead atoms. The van der Waals surface area contributed by atoms with Gasteiger partial charge in [0.05, 0.1) is 18.8 Å². The highest BCUT2D eigenvalue weighted by molar-refractivity contribution is 5.78. The van der Waals surface area contributed by atoms with Crippen LogP contribution in [0.1, 0.15) is 52.4 Å². The van der Waals surface area contributed by atoms with Gasteiger partial charge >= 0.3 is 0 Å². The number of hydrogen-bond donors (Lipinski definition) is 1. The van der Waals surface area contributed by atoms with Crippen LogP contribution < -0.4 is 5.32 Å². The van der Waals surface area contributed by atoms with Crippen LogP contribution in [0.15, 0.2) is 0 Å². The first-order valence-electron chi connectivity index (χ1n) is 7.80. The number of carbonyl (C=O) groups is 1. The molecule has 1 aliphatic carbocycles. The lowest BCUT2D eigenvalue weighted by Gasteiger charge is -2.35. The molecule has 0 aromatic heterocycles. The zero-order valence-electron chi connectivity index (χ0n) is 12.4. The minimum Gasteiger partial charge on any atom is -0.373 e. The molecule has 2 fully saturated rings. The lowest BCUT2D eigenvalue weighted by Crippen LogP contribution is -2.50. The third-order valence-corrected chi connectivity index (χ3v) is 4.08. The zero-order valence-corrected chi connectivity index (χ0v) is 12.4. The Morgan fingerprint density at radius 1 is 1.11 bits per heavy atom. The molecule has 0 spiro atoms. The fourth-order valence-corrected chi connectivity index (χ4v) is 3.31. The van der Waals surface area contributed by atoms with Crippen LogP contribution in [0.2, 0.25) is 0 Å². The van der Waals surface area contributed by atoms with E-state index in [0.717, 1.165) is 25.9 Å². The molecule has 1 heterocycles. The van der Waals surface area contributed by atoms with E-state index in [1.54, 1.807) is 0 Å². The van der Waals surface area contributed by atoms with Crippen molar-refractivity contribution in [2.45, 2.75) is 70.6 Å². The summed E-state index contributed by atoms with van der Waals surface area (Å²) in [7, 11) is 0. The Kier molecular flexibility index (Phi) is 5.64. The molecule has 2 atom stereocenters. The fourth-order valence-electron chi connectivity index (χ4n) is 3.31. The largest absolute Gasteiger partial charge is 0.373 e. The maximum absolute atomic E-state index is 12.1. The number of morpholine rings is 1. The summed E-state index contributed by atoms with van der Waals surface area (Å²) in [4.78, 5) is 14.3. The number of nitrogens with zero attached hydrogens (tertiary/aromatic N) is 1. The van der Waals surface area contributed by atoms with Crippen LogP contribution in [0.4, 0.5) is 0 Å². The molecule has 2 aliphatic rings. The first-order chi connectivity index (χ1) is 9.13. The summed E-state index contributed by atoms with van der Waals surface area (Å²) in [5.41, 5.74) is 0. The van der Waals surface area contributed by atoms with Crippen molar-refractivity contribution in [1.29, 1.82) is 0 Å². The average molecular weight is 268 g/mol. The summed E-state index contributed by atoms with van der Waals surface area (Å²) in [5.74, 6) is 0.188. The summed E-state index contributed by atoms with van der Waals surface area (Å²) < 4.78 is 5.69. The summed E-state index contributed by atoms with van der Waals surface area (Å²) in [6.07, 6.45) is 7.94. The van der Waals surface area contributed by atoms with Crippen LogP contribution in [0, 0.1) is 0 Å². The lowest BCUT2D eigenvalue weighted by atomic mass is 10.1. The van der Waals surface area contributed by atoms with Crippen LogP contribution in [-0.2, 0) is 9.53 Å². The van der Waals surface area contributed by atoms with Crippen molar-refractivity contribution in [1.82, 2.24) is 10.2 Å². The highest BCUT2D eigenvalue weighted by Crippen LogP contribution is 2.17. The molecule has 1 saturated carbocycles. The van der Waals surface area contributed by atoms with Crippen LogP contribution in [0.25, 0.3) is 0 Å². The van der Waals surface area contributed by atoms with Crippen molar-refractivity contribution in [2.24, 2.45) is 0 Å². The van der Waals surface area contributed by atoms with E-state index in [9.17, 15) is 4.79 Å². The molecule has 0 aromatic rings. The summed E-state index contributed by atoms with van der Waals surface area (Å²) in [5, 5.41) is 3.21. The molecule has 0 unspecified atom stereocenters. The number of carbonyl (C=O) groups excluding carboxylic acids is 1. The quantitative estimate of drug-likeness (QED) is 0.795. The van der Waals surface area contributed by atoms with Crippen molar-refractivity contribution in [3.05, 3.63) is 0 Å². The molecule has 19 heavy (non-hydrogen) atoms. The van der Waals surface area contributed by atoms with Gasteiger partial charge in [-0.25, -0.2) is 0 Å². The highest BCUT2D eigenvalue weighted by Gasteiger charge is 2.24. The predicted octanol–water partition coefficient (Wildman–Crippen LogP) is 1.93. The Morgan fingerprint density at radius 2 is 1.68 bits per heavy atom. The minimum atomic E-state index is 0.188. The van der Waals surface area contributed by atoms with Gasteiger partial charge in [0, 0.05) is 19.1 Å². The standard InChI is InChI=1S/C15H28N2O2/c1-12-9-17(10-13(2)19-12)11-15(18)16-14-7-5-3-4-6-8-14/h12-14H,3-11H2,1-2H3,(H,16,18)/t12-,13-/m1/s1. The summed E-state index contributed by atoms with van der Waals surface area (Å²) in [6, 6.07) is 0.408. The second-order valence-electron chi connectivity index (χ2n) is 6.21. The van der Waals surface area contributed by atoms with Gasteiger partial charge < -0.3 is 10.1 Å². The number of amides is 1. The zero-order chi connectivity index (χ0) is 13.7. The first-order valence-corrected chi connectivity index (χ1v) is 7.80. The molecule has 1 N–H and O–H groups in total. The van der Waals surface area contributed by atoms with E-state index in [4.69, 9.17) is 4.74 Å². The van der Waals surface area contributed by atoms with Crippen LogP contribution >= 0.6 is 0 Å². The predicted molar refractivity (Wildman–Crippen MR) is 76.1 cm³/mol. The summed E-state index contributed by atoms with van der Waals surface area (Å²) in [6.45, 7) is 6.40. The topological polar surface area (TPSA) is 41.6 Å².